The summed E-state index contributed by atoms with van der Waals surface area (Å²) in [5.41, 5.74) is 8.20. The highest BCUT2D eigenvalue weighted by Crippen LogP contribution is 2.26. The Morgan fingerprint density at radius 3 is 2.21 bits per heavy atom. The molecule has 2 aromatic rings. The van der Waals surface area contributed by atoms with E-state index in [-0.39, 0.29) is 0 Å². The SMILES string of the molecule is N#Cc1ccc(C#Cc2cc(Cl)cc(Cl)c2N)cc1. The topological polar surface area (TPSA) is 49.8 Å². The van der Waals surface area contributed by atoms with Gasteiger partial charge in [-0.3, -0.25) is 0 Å². The summed E-state index contributed by atoms with van der Waals surface area (Å²) in [4.78, 5) is 0. The Morgan fingerprint density at radius 1 is 0.947 bits per heavy atom. The molecule has 0 radical (unpaired) electrons. The normalized spacial score (nSPS) is 9.32. The van der Waals surface area contributed by atoms with Gasteiger partial charge in [0.05, 0.1) is 27.9 Å². The summed E-state index contributed by atoms with van der Waals surface area (Å²) >= 11 is 11.8. The van der Waals surface area contributed by atoms with E-state index in [2.05, 4.69) is 11.8 Å². The van der Waals surface area contributed by atoms with Crippen LogP contribution in [0, 0.1) is 23.2 Å². The molecule has 4 heteroatoms. The Kier molecular flexibility index (Phi) is 3.97. The summed E-state index contributed by atoms with van der Waals surface area (Å²) < 4.78 is 0. The van der Waals surface area contributed by atoms with E-state index in [1.165, 1.54) is 0 Å². The van der Waals surface area contributed by atoms with Crippen LogP contribution in [0.1, 0.15) is 16.7 Å². The lowest BCUT2D eigenvalue weighted by atomic mass is 10.1. The third-order valence-electron chi connectivity index (χ3n) is 2.45. The minimum atomic E-state index is 0.386. The van der Waals surface area contributed by atoms with E-state index in [4.69, 9.17) is 34.2 Å². The lowest BCUT2D eigenvalue weighted by Crippen LogP contribution is -1.91. The van der Waals surface area contributed by atoms with Crippen molar-refractivity contribution in [3.05, 3.63) is 63.1 Å². The monoisotopic (exact) mass is 286 g/mol. The molecule has 0 saturated heterocycles. The molecule has 92 valence electrons. The number of hydrogen-bond acceptors (Lipinski definition) is 2. The molecule has 0 saturated carbocycles. The highest BCUT2D eigenvalue weighted by atomic mass is 35.5. The molecule has 0 bridgehead atoms. The predicted molar refractivity (Wildman–Crippen MR) is 78.0 cm³/mol. The summed E-state index contributed by atoms with van der Waals surface area (Å²) in [6, 6.07) is 12.2. The van der Waals surface area contributed by atoms with E-state index in [0.29, 0.717) is 26.9 Å². The standard InChI is InChI=1S/C15H8Cl2N2/c16-13-7-12(15(19)14(17)8-13)6-5-10-1-3-11(9-18)4-2-10/h1-4,7-8H,19H2. The quantitative estimate of drug-likeness (QED) is 0.591. The fourth-order valence-electron chi connectivity index (χ4n) is 1.46. The lowest BCUT2D eigenvalue weighted by Gasteiger charge is -2.01. The Balaban J connectivity index is 2.36. The highest BCUT2D eigenvalue weighted by molar-refractivity contribution is 6.36. The molecular weight excluding hydrogens is 279 g/mol. The van der Waals surface area contributed by atoms with Crippen LogP contribution in [0.5, 0.6) is 0 Å². The Morgan fingerprint density at radius 2 is 1.58 bits per heavy atom. The van der Waals surface area contributed by atoms with Crippen LogP contribution in [-0.4, -0.2) is 0 Å². The number of nitriles is 1. The maximum absolute atomic E-state index is 8.70. The van der Waals surface area contributed by atoms with Gasteiger partial charge in [-0.25, -0.2) is 0 Å². The van der Waals surface area contributed by atoms with Gasteiger partial charge in [0.1, 0.15) is 0 Å². The predicted octanol–water partition coefficient (Wildman–Crippen LogP) is 3.85. The number of rotatable bonds is 0. The van der Waals surface area contributed by atoms with E-state index in [0.717, 1.165) is 5.56 Å². The smallest absolute Gasteiger partial charge is 0.0991 e. The van der Waals surface area contributed by atoms with Crippen LogP contribution < -0.4 is 5.73 Å². The lowest BCUT2D eigenvalue weighted by molar-refractivity contribution is 1.48. The number of halogens is 2. The molecule has 0 aliphatic carbocycles. The highest BCUT2D eigenvalue weighted by Gasteiger charge is 2.03. The van der Waals surface area contributed by atoms with Crippen molar-refractivity contribution in [2.75, 3.05) is 5.73 Å². The van der Waals surface area contributed by atoms with E-state index < -0.39 is 0 Å². The van der Waals surface area contributed by atoms with Gasteiger partial charge in [-0.1, -0.05) is 35.0 Å². The molecule has 0 atom stereocenters. The molecule has 2 rings (SSSR count). The molecule has 0 fully saturated rings. The maximum atomic E-state index is 8.70. The summed E-state index contributed by atoms with van der Waals surface area (Å²) in [6.45, 7) is 0. The van der Waals surface area contributed by atoms with Crippen molar-refractivity contribution < 1.29 is 0 Å². The summed E-state index contributed by atoms with van der Waals surface area (Å²) in [5.74, 6) is 5.87. The molecule has 0 spiro atoms. The largest absolute Gasteiger partial charge is 0.397 e. The number of benzene rings is 2. The van der Waals surface area contributed by atoms with E-state index in [1.54, 1.807) is 36.4 Å². The first-order chi connectivity index (χ1) is 9.10. The third kappa shape index (κ3) is 3.20. The van der Waals surface area contributed by atoms with Crippen molar-refractivity contribution in [3.8, 4) is 17.9 Å². The van der Waals surface area contributed by atoms with Gasteiger partial charge >= 0.3 is 0 Å². The van der Waals surface area contributed by atoms with Gasteiger partial charge in [0, 0.05) is 10.6 Å². The number of nitrogens with zero attached hydrogens (tertiary/aromatic N) is 1. The van der Waals surface area contributed by atoms with Gasteiger partial charge < -0.3 is 5.73 Å². The van der Waals surface area contributed by atoms with Crippen LogP contribution >= 0.6 is 23.2 Å². The van der Waals surface area contributed by atoms with Crippen LogP contribution in [-0.2, 0) is 0 Å². The second-order valence-electron chi connectivity index (χ2n) is 3.79. The second kappa shape index (κ2) is 5.67. The molecule has 2 nitrogen and oxygen atoms in total. The first-order valence-corrected chi connectivity index (χ1v) is 6.12. The van der Waals surface area contributed by atoms with Crippen molar-refractivity contribution in [3.63, 3.8) is 0 Å². The summed E-state index contributed by atoms with van der Waals surface area (Å²) in [7, 11) is 0. The van der Waals surface area contributed by atoms with Gasteiger partial charge in [-0.05, 0) is 36.4 Å². The molecular formula is C15H8Cl2N2. The summed E-state index contributed by atoms with van der Waals surface area (Å²) in [6.07, 6.45) is 0. The van der Waals surface area contributed by atoms with Crippen LogP contribution in [0.4, 0.5) is 5.69 Å². The van der Waals surface area contributed by atoms with Gasteiger partial charge in [-0.2, -0.15) is 5.26 Å². The Labute approximate surface area is 121 Å². The van der Waals surface area contributed by atoms with Crippen LogP contribution in [0.25, 0.3) is 0 Å². The van der Waals surface area contributed by atoms with Crippen LogP contribution in [0.15, 0.2) is 36.4 Å². The fourth-order valence-corrected chi connectivity index (χ4v) is 1.95. The van der Waals surface area contributed by atoms with Crippen molar-refractivity contribution in [2.45, 2.75) is 0 Å². The third-order valence-corrected chi connectivity index (χ3v) is 2.98. The molecule has 2 aromatic carbocycles. The van der Waals surface area contributed by atoms with Crippen molar-refractivity contribution >= 4 is 28.9 Å². The molecule has 0 aliphatic rings. The van der Waals surface area contributed by atoms with E-state index >= 15 is 0 Å². The van der Waals surface area contributed by atoms with E-state index in [9.17, 15) is 0 Å². The van der Waals surface area contributed by atoms with Gasteiger partial charge in [0.15, 0.2) is 0 Å². The van der Waals surface area contributed by atoms with Crippen LogP contribution in [0.3, 0.4) is 0 Å². The first-order valence-electron chi connectivity index (χ1n) is 5.37. The minimum absolute atomic E-state index is 0.386. The van der Waals surface area contributed by atoms with Gasteiger partial charge in [-0.15, -0.1) is 0 Å². The Bertz CT molecular complexity index is 717. The molecule has 2 N–H and O–H groups in total. The minimum Gasteiger partial charge on any atom is -0.397 e. The number of anilines is 1. The average molecular weight is 287 g/mol. The van der Waals surface area contributed by atoms with Crippen molar-refractivity contribution in [2.24, 2.45) is 0 Å². The zero-order valence-corrected chi connectivity index (χ0v) is 11.3. The number of nitrogens with two attached hydrogens (primary N) is 1. The summed E-state index contributed by atoms with van der Waals surface area (Å²) in [5, 5.41) is 9.58. The van der Waals surface area contributed by atoms with Gasteiger partial charge in [0.25, 0.3) is 0 Å². The Hall–Kier alpha value is -2.13. The molecule has 0 unspecified atom stereocenters. The molecule has 0 amide bonds. The second-order valence-corrected chi connectivity index (χ2v) is 4.63. The van der Waals surface area contributed by atoms with Crippen molar-refractivity contribution in [1.29, 1.82) is 5.26 Å². The molecule has 0 aliphatic heterocycles. The maximum Gasteiger partial charge on any atom is 0.0991 e. The van der Waals surface area contributed by atoms with E-state index in [1.807, 2.05) is 6.07 Å². The first kappa shape index (κ1) is 13.3. The molecule has 0 heterocycles. The number of hydrogen-bond donors (Lipinski definition) is 1. The van der Waals surface area contributed by atoms with Crippen LogP contribution in [0.2, 0.25) is 10.0 Å². The zero-order chi connectivity index (χ0) is 13.8. The zero-order valence-electron chi connectivity index (χ0n) is 9.74. The molecule has 0 aromatic heterocycles. The number of nitrogen functional groups attached to an aromatic ring is 1. The van der Waals surface area contributed by atoms with Crippen molar-refractivity contribution in [1.82, 2.24) is 0 Å². The van der Waals surface area contributed by atoms with Gasteiger partial charge in [0.2, 0.25) is 0 Å². The fraction of sp³-hybridized carbons (Fsp3) is 0. The average Bonchev–Trinajstić information content (AvgIpc) is 2.41. The molecule has 19 heavy (non-hydrogen) atoms.